The van der Waals surface area contributed by atoms with Crippen LogP contribution in [0, 0.1) is 0 Å². The fourth-order valence-corrected chi connectivity index (χ4v) is 2.85. The molecule has 0 aromatic heterocycles. The van der Waals surface area contributed by atoms with Gasteiger partial charge in [0.25, 0.3) is 0 Å². The Hall–Kier alpha value is -1.26. The van der Waals surface area contributed by atoms with Gasteiger partial charge in [-0.3, -0.25) is 4.90 Å². The number of rotatable bonds is 6. The predicted octanol–water partition coefficient (Wildman–Crippen LogP) is 2.41. The van der Waals surface area contributed by atoms with Gasteiger partial charge in [-0.15, -0.1) is 0 Å². The summed E-state index contributed by atoms with van der Waals surface area (Å²) in [6.45, 7) is 6.92. The molecule has 1 aromatic carbocycles. The molecule has 0 saturated carbocycles. The lowest BCUT2D eigenvalue weighted by Gasteiger charge is -2.35. The van der Waals surface area contributed by atoms with Crippen molar-refractivity contribution in [3.05, 3.63) is 23.8 Å². The molecule has 4 nitrogen and oxygen atoms in total. The number of ether oxygens (including phenoxy) is 2. The van der Waals surface area contributed by atoms with Gasteiger partial charge >= 0.3 is 0 Å². The van der Waals surface area contributed by atoms with Crippen molar-refractivity contribution in [2.45, 2.75) is 38.8 Å². The quantitative estimate of drug-likeness (QED) is 0.868. The summed E-state index contributed by atoms with van der Waals surface area (Å²) in [6.07, 6.45) is 3.32. The lowest BCUT2D eigenvalue weighted by atomic mass is 10.00. The minimum atomic E-state index is -0.297. The smallest absolute Gasteiger partial charge is 0.161 e. The minimum absolute atomic E-state index is 0.297. The van der Waals surface area contributed by atoms with Crippen LogP contribution in [0.4, 0.5) is 0 Å². The van der Waals surface area contributed by atoms with E-state index in [0.29, 0.717) is 6.61 Å². The van der Waals surface area contributed by atoms with Crippen LogP contribution in [0.2, 0.25) is 0 Å². The Balaban J connectivity index is 2.13. The van der Waals surface area contributed by atoms with Crippen LogP contribution in [0.5, 0.6) is 11.5 Å². The topological polar surface area (TPSA) is 47.7 Å². The molecule has 1 aromatic rings. The van der Waals surface area contributed by atoms with E-state index in [4.69, 9.17) is 15.2 Å². The SMILES string of the molecule is CCOc1cc(CC(C)(N)N2CCCC2)ccc1OC. The zero-order valence-corrected chi connectivity index (χ0v) is 12.8. The van der Waals surface area contributed by atoms with Crippen LogP contribution in [0.3, 0.4) is 0 Å². The molecule has 20 heavy (non-hydrogen) atoms. The van der Waals surface area contributed by atoms with Crippen LogP contribution < -0.4 is 15.2 Å². The largest absolute Gasteiger partial charge is 0.493 e. The van der Waals surface area contributed by atoms with E-state index in [0.717, 1.165) is 31.0 Å². The summed E-state index contributed by atoms with van der Waals surface area (Å²) in [5.74, 6) is 1.57. The van der Waals surface area contributed by atoms with Crippen LogP contribution in [0.15, 0.2) is 18.2 Å². The van der Waals surface area contributed by atoms with Crippen molar-refractivity contribution in [1.82, 2.24) is 4.90 Å². The molecule has 1 heterocycles. The van der Waals surface area contributed by atoms with E-state index < -0.39 is 0 Å². The van der Waals surface area contributed by atoms with Gasteiger partial charge in [0, 0.05) is 6.42 Å². The second kappa shape index (κ2) is 6.46. The summed E-state index contributed by atoms with van der Waals surface area (Å²) < 4.78 is 10.9. The molecule has 4 heteroatoms. The Bertz CT molecular complexity index is 440. The average Bonchev–Trinajstić information content (AvgIpc) is 2.94. The second-order valence-electron chi connectivity index (χ2n) is 5.65. The summed E-state index contributed by atoms with van der Waals surface area (Å²) in [5.41, 5.74) is 7.39. The standard InChI is InChI=1S/C16H26N2O2/c1-4-20-15-11-13(7-8-14(15)19-3)12-16(2,17)18-9-5-6-10-18/h7-8,11H,4-6,9-10,12,17H2,1-3H3. The van der Waals surface area contributed by atoms with Gasteiger partial charge in [0.05, 0.1) is 19.4 Å². The lowest BCUT2D eigenvalue weighted by molar-refractivity contribution is 0.141. The van der Waals surface area contributed by atoms with Crippen molar-refractivity contribution in [3.8, 4) is 11.5 Å². The maximum Gasteiger partial charge on any atom is 0.161 e. The lowest BCUT2D eigenvalue weighted by Crippen LogP contribution is -2.53. The fraction of sp³-hybridized carbons (Fsp3) is 0.625. The highest BCUT2D eigenvalue weighted by Crippen LogP contribution is 2.30. The first-order chi connectivity index (χ1) is 9.56. The molecule has 0 spiro atoms. The molecule has 2 N–H and O–H groups in total. The zero-order valence-electron chi connectivity index (χ0n) is 12.8. The Morgan fingerprint density at radius 1 is 1.25 bits per heavy atom. The first kappa shape index (κ1) is 15.1. The van der Waals surface area contributed by atoms with Gasteiger partial charge in [0.15, 0.2) is 11.5 Å². The highest BCUT2D eigenvalue weighted by molar-refractivity contribution is 5.43. The second-order valence-corrected chi connectivity index (χ2v) is 5.65. The van der Waals surface area contributed by atoms with Crippen molar-refractivity contribution >= 4 is 0 Å². The summed E-state index contributed by atoms with van der Waals surface area (Å²) in [7, 11) is 1.66. The Morgan fingerprint density at radius 2 is 1.95 bits per heavy atom. The van der Waals surface area contributed by atoms with Gasteiger partial charge in [-0.2, -0.15) is 0 Å². The van der Waals surface area contributed by atoms with E-state index in [1.54, 1.807) is 7.11 Å². The van der Waals surface area contributed by atoms with Crippen LogP contribution in [0.1, 0.15) is 32.3 Å². The highest BCUT2D eigenvalue weighted by atomic mass is 16.5. The summed E-state index contributed by atoms with van der Waals surface area (Å²) in [6, 6.07) is 6.08. The molecule has 2 rings (SSSR count). The Kier molecular flexibility index (Phi) is 4.89. The number of likely N-dealkylation sites (tertiary alicyclic amines) is 1. The number of hydrogen-bond donors (Lipinski definition) is 1. The van der Waals surface area contributed by atoms with Crippen molar-refractivity contribution < 1.29 is 9.47 Å². The number of benzene rings is 1. The van der Waals surface area contributed by atoms with E-state index >= 15 is 0 Å². The number of hydrogen-bond acceptors (Lipinski definition) is 4. The number of nitrogens with zero attached hydrogens (tertiary/aromatic N) is 1. The molecule has 1 fully saturated rings. The van der Waals surface area contributed by atoms with Gasteiger partial charge in [0.1, 0.15) is 0 Å². The predicted molar refractivity (Wildman–Crippen MR) is 81.3 cm³/mol. The summed E-state index contributed by atoms with van der Waals surface area (Å²) in [5, 5.41) is 0. The van der Waals surface area contributed by atoms with E-state index in [9.17, 15) is 0 Å². The van der Waals surface area contributed by atoms with Crippen LogP contribution in [0.25, 0.3) is 0 Å². The van der Waals surface area contributed by atoms with Crippen LogP contribution in [-0.4, -0.2) is 37.4 Å². The van der Waals surface area contributed by atoms with E-state index in [1.165, 1.54) is 18.4 Å². The third kappa shape index (κ3) is 3.44. The Morgan fingerprint density at radius 3 is 2.55 bits per heavy atom. The van der Waals surface area contributed by atoms with E-state index in [2.05, 4.69) is 17.9 Å². The molecular weight excluding hydrogens is 252 g/mol. The van der Waals surface area contributed by atoms with Gasteiger partial charge in [0.2, 0.25) is 0 Å². The number of methoxy groups -OCH3 is 1. The van der Waals surface area contributed by atoms with E-state index in [-0.39, 0.29) is 5.66 Å². The molecule has 1 saturated heterocycles. The van der Waals surface area contributed by atoms with Crippen molar-refractivity contribution in [3.63, 3.8) is 0 Å². The van der Waals surface area contributed by atoms with Gasteiger partial charge < -0.3 is 15.2 Å². The average molecular weight is 278 g/mol. The molecule has 0 bridgehead atoms. The normalized spacial score (nSPS) is 18.8. The third-order valence-electron chi connectivity index (χ3n) is 3.92. The Labute approximate surface area is 121 Å². The molecule has 0 amide bonds. The molecule has 0 aliphatic carbocycles. The summed E-state index contributed by atoms with van der Waals surface area (Å²) in [4.78, 5) is 2.37. The third-order valence-corrected chi connectivity index (χ3v) is 3.92. The van der Waals surface area contributed by atoms with Crippen LogP contribution in [-0.2, 0) is 6.42 Å². The molecular formula is C16H26N2O2. The molecule has 1 atom stereocenters. The molecule has 1 unspecified atom stereocenters. The monoisotopic (exact) mass is 278 g/mol. The maximum atomic E-state index is 6.50. The van der Waals surface area contributed by atoms with Crippen molar-refractivity contribution in [2.75, 3.05) is 26.8 Å². The number of nitrogens with two attached hydrogens (primary N) is 1. The minimum Gasteiger partial charge on any atom is -0.493 e. The highest BCUT2D eigenvalue weighted by Gasteiger charge is 2.29. The molecule has 0 radical (unpaired) electrons. The van der Waals surface area contributed by atoms with Gasteiger partial charge in [-0.05, 0) is 57.5 Å². The molecule has 112 valence electrons. The molecule has 1 aliphatic heterocycles. The fourth-order valence-electron chi connectivity index (χ4n) is 2.85. The van der Waals surface area contributed by atoms with E-state index in [1.807, 2.05) is 19.1 Å². The summed E-state index contributed by atoms with van der Waals surface area (Å²) >= 11 is 0. The van der Waals surface area contributed by atoms with Crippen molar-refractivity contribution in [1.29, 1.82) is 0 Å². The van der Waals surface area contributed by atoms with Crippen LogP contribution >= 0.6 is 0 Å². The van der Waals surface area contributed by atoms with Gasteiger partial charge in [-0.1, -0.05) is 6.07 Å². The maximum absolute atomic E-state index is 6.50. The zero-order chi connectivity index (χ0) is 14.6. The molecule has 1 aliphatic rings. The first-order valence-corrected chi connectivity index (χ1v) is 7.40. The van der Waals surface area contributed by atoms with Crippen molar-refractivity contribution in [2.24, 2.45) is 5.73 Å². The van der Waals surface area contributed by atoms with Gasteiger partial charge in [-0.25, -0.2) is 0 Å². The first-order valence-electron chi connectivity index (χ1n) is 7.40.